The number of fused-ring (bicyclic) bond motifs is 1. The Balaban J connectivity index is 1.95. The Hall–Kier alpha value is -1.38. The van der Waals surface area contributed by atoms with Gasteiger partial charge in [-0.15, -0.1) is 0 Å². The first kappa shape index (κ1) is 11.7. The zero-order valence-corrected chi connectivity index (χ0v) is 11.2. The van der Waals surface area contributed by atoms with Crippen LogP contribution in [0.15, 0.2) is 12.1 Å². The number of hydrogen-bond donors (Lipinski definition) is 1. The predicted octanol–water partition coefficient (Wildman–Crippen LogP) is 3.04. The second-order valence-electron chi connectivity index (χ2n) is 5.26. The number of aryl methyl sites for hydroxylation is 1. The zero-order valence-electron chi connectivity index (χ0n) is 11.2. The molecule has 1 aromatic carbocycles. The van der Waals surface area contributed by atoms with Crippen LogP contribution in [0.3, 0.4) is 0 Å². The Labute approximate surface area is 109 Å². The summed E-state index contributed by atoms with van der Waals surface area (Å²) < 4.78 is 5.60. The molecule has 0 bridgehead atoms. The summed E-state index contributed by atoms with van der Waals surface area (Å²) in [5.74, 6) is 1.04. The summed E-state index contributed by atoms with van der Waals surface area (Å²) in [4.78, 5) is 2.47. The van der Waals surface area contributed by atoms with Crippen LogP contribution >= 0.6 is 0 Å². The van der Waals surface area contributed by atoms with Gasteiger partial charge in [-0.1, -0.05) is 0 Å². The molecule has 2 aliphatic heterocycles. The molecule has 0 atom stereocenters. The fourth-order valence-corrected chi connectivity index (χ4v) is 3.03. The van der Waals surface area contributed by atoms with E-state index in [0.717, 1.165) is 25.4 Å². The van der Waals surface area contributed by atoms with Crippen molar-refractivity contribution in [3.8, 4) is 5.75 Å². The molecule has 98 valence electrons. The first-order valence-corrected chi connectivity index (χ1v) is 7.08. The van der Waals surface area contributed by atoms with Crippen LogP contribution in [0.5, 0.6) is 5.75 Å². The third kappa shape index (κ3) is 2.14. The molecule has 0 spiro atoms. The number of anilines is 2. The highest BCUT2D eigenvalue weighted by atomic mass is 16.5. The second kappa shape index (κ2) is 5.09. The molecular formula is C15H22N2O. The van der Waals surface area contributed by atoms with Crippen LogP contribution in [0.4, 0.5) is 11.4 Å². The van der Waals surface area contributed by atoms with Gasteiger partial charge in [-0.2, -0.15) is 0 Å². The third-order valence-corrected chi connectivity index (χ3v) is 4.04. The van der Waals surface area contributed by atoms with Crippen LogP contribution in [-0.4, -0.2) is 26.7 Å². The van der Waals surface area contributed by atoms with Gasteiger partial charge in [-0.05, 0) is 49.8 Å². The van der Waals surface area contributed by atoms with E-state index in [2.05, 4.69) is 22.3 Å². The van der Waals surface area contributed by atoms with E-state index in [0.29, 0.717) is 0 Å². The van der Waals surface area contributed by atoms with Crippen molar-refractivity contribution in [3.63, 3.8) is 0 Å². The normalized spacial score (nSPS) is 19.1. The van der Waals surface area contributed by atoms with Crippen molar-refractivity contribution in [1.29, 1.82) is 0 Å². The second-order valence-corrected chi connectivity index (χ2v) is 5.26. The average Bonchev–Trinajstić information content (AvgIpc) is 2.46. The molecule has 3 rings (SSSR count). The molecule has 0 aliphatic carbocycles. The van der Waals surface area contributed by atoms with Crippen molar-refractivity contribution in [2.45, 2.75) is 32.1 Å². The van der Waals surface area contributed by atoms with E-state index in [1.165, 1.54) is 49.0 Å². The number of hydrogen-bond acceptors (Lipinski definition) is 3. The van der Waals surface area contributed by atoms with Crippen molar-refractivity contribution >= 4 is 11.4 Å². The van der Waals surface area contributed by atoms with Crippen LogP contribution in [-0.2, 0) is 6.42 Å². The van der Waals surface area contributed by atoms with E-state index in [1.807, 2.05) is 0 Å². The van der Waals surface area contributed by atoms with Crippen LogP contribution < -0.4 is 15.0 Å². The Kier molecular flexibility index (Phi) is 3.31. The molecule has 1 N–H and O–H groups in total. The lowest BCUT2D eigenvalue weighted by Gasteiger charge is -2.31. The van der Waals surface area contributed by atoms with Crippen LogP contribution in [0.1, 0.15) is 31.2 Å². The molecule has 1 saturated heterocycles. The van der Waals surface area contributed by atoms with Crippen LogP contribution in [0.25, 0.3) is 0 Å². The highest BCUT2D eigenvalue weighted by Crippen LogP contribution is 2.37. The predicted molar refractivity (Wildman–Crippen MR) is 75.9 cm³/mol. The monoisotopic (exact) mass is 246 g/mol. The Morgan fingerprint density at radius 2 is 1.94 bits per heavy atom. The summed E-state index contributed by atoms with van der Waals surface area (Å²) >= 11 is 0. The fourth-order valence-electron chi connectivity index (χ4n) is 3.03. The van der Waals surface area contributed by atoms with E-state index in [-0.39, 0.29) is 0 Å². The molecule has 2 heterocycles. The molecule has 1 aromatic rings. The molecule has 0 amide bonds. The van der Waals surface area contributed by atoms with E-state index < -0.39 is 0 Å². The molecule has 3 nitrogen and oxygen atoms in total. The number of ether oxygens (including phenoxy) is 1. The van der Waals surface area contributed by atoms with Gasteiger partial charge in [0.15, 0.2) is 0 Å². The SMILES string of the molecule is COc1cc2c(cc1N1CCCCC1)NCCC2. The Morgan fingerprint density at radius 1 is 1.11 bits per heavy atom. The first-order chi connectivity index (χ1) is 8.88. The van der Waals surface area contributed by atoms with Gasteiger partial charge in [0.1, 0.15) is 5.75 Å². The molecule has 18 heavy (non-hydrogen) atoms. The lowest BCUT2D eigenvalue weighted by Crippen LogP contribution is -2.30. The summed E-state index contributed by atoms with van der Waals surface area (Å²) in [7, 11) is 1.78. The largest absolute Gasteiger partial charge is 0.495 e. The molecule has 0 unspecified atom stereocenters. The van der Waals surface area contributed by atoms with Gasteiger partial charge in [0, 0.05) is 25.3 Å². The molecule has 2 aliphatic rings. The Bertz CT molecular complexity index is 425. The van der Waals surface area contributed by atoms with E-state index in [9.17, 15) is 0 Å². The molecular weight excluding hydrogens is 224 g/mol. The minimum Gasteiger partial charge on any atom is -0.495 e. The minimum absolute atomic E-state index is 1.04. The van der Waals surface area contributed by atoms with E-state index >= 15 is 0 Å². The lowest BCUT2D eigenvalue weighted by atomic mass is 10.0. The summed E-state index contributed by atoms with van der Waals surface area (Å²) in [5, 5.41) is 3.51. The molecule has 0 saturated carbocycles. The highest BCUT2D eigenvalue weighted by molar-refractivity contribution is 5.70. The number of benzene rings is 1. The lowest BCUT2D eigenvalue weighted by molar-refractivity contribution is 0.412. The maximum Gasteiger partial charge on any atom is 0.142 e. The van der Waals surface area contributed by atoms with E-state index in [4.69, 9.17) is 4.74 Å². The zero-order chi connectivity index (χ0) is 12.4. The fraction of sp³-hybridized carbons (Fsp3) is 0.600. The molecule has 1 fully saturated rings. The van der Waals surface area contributed by atoms with Crippen molar-refractivity contribution in [1.82, 2.24) is 0 Å². The van der Waals surface area contributed by atoms with Crippen LogP contribution in [0, 0.1) is 0 Å². The van der Waals surface area contributed by atoms with Crippen molar-refractivity contribution < 1.29 is 4.74 Å². The van der Waals surface area contributed by atoms with Gasteiger partial charge >= 0.3 is 0 Å². The maximum atomic E-state index is 5.60. The summed E-state index contributed by atoms with van der Waals surface area (Å²) in [6, 6.07) is 4.52. The number of methoxy groups -OCH3 is 1. The minimum atomic E-state index is 1.04. The van der Waals surface area contributed by atoms with Gasteiger partial charge in [-0.25, -0.2) is 0 Å². The standard InChI is InChI=1S/C15H22N2O/c1-18-15-10-12-6-5-7-16-13(12)11-14(15)17-8-3-2-4-9-17/h10-11,16H,2-9H2,1H3. The van der Waals surface area contributed by atoms with Crippen LogP contribution in [0.2, 0.25) is 0 Å². The number of nitrogens with one attached hydrogen (secondary N) is 1. The third-order valence-electron chi connectivity index (χ3n) is 4.04. The summed E-state index contributed by atoms with van der Waals surface area (Å²) in [5.41, 5.74) is 3.98. The quantitative estimate of drug-likeness (QED) is 0.868. The number of rotatable bonds is 2. The van der Waals surface area contributed by atoms with Crippen molar-refractivity contribution in [2.75, 3.05) is 37.0 Å². The highest BCUT2D eigenvalue weighted by Gasteiger charge is 2.19. The topological polar surface area (TPSA) is 24.5 Å². The molecule has 0 aromatic heterocycles. The smallest absolute Gasteiger partial charge is 0.142 e. The molecule has 3 heteroatoms. The van der Waals surface area contributed by atoms with Gasteiger partial charge < -0.3 is 15.0 Å². The van der Waals surface area contributed by atoms with Crippen molar-refractivity contribution in [2.24, 2.45) is 0 Å². The summed E-state index contributed by atoms with van der Waals surface area (Å²) in [6.07, 6.45) is 6.35. The number of piperidine rings is 1. The summed E-state index contributed by atoms with van der Waals surface area (Å²) in [6.45, 7) is 3.42. The number of nitrogens with zero attached hydrogens (tertiary/aromatic N) is 1. The maximum absolute atomic E-state index is 5.60. The first-order valence-electron chi connectivity index (χ1n) is 7.08. The molecule has 0 radical (unpaired) electrons. The van der Waals surface area contributed by atoms with Gasteiger partial charge in [0.2, 0.25) is 0 Å². The van der Waals surface area contributed by atoms with Crippen molar-refractivity contribution in [3.05, 3.63) is 17.7 Å². The van der Waals surface area contributed by atoms with Gasteiger partial charge in [0.25, 0.3) is 0 Å². The van der Waals surface area contributed by atoms with Gasteiger partial charge in [0.05, 0.1) is 12.8 Å². The Morgan fingerprint density at radius 3 is 2.72 bits per heavy atom. The average molecular weight is 246 g/mol. The van der Waals surface area contributed by atoms with E-state index in [1.54, 1.807) is 7.11 Å². The van der Waals surface area contributed by atoms with Gasteiger partial charge in [-0.3, -0.25) is 0 Å².